The molecule has 1 fully saturated rings. The van der Waals surface area contributed by atoms with E-state index in [-0.39, 0.29) is 0 Å². The van der Waals surface area contributed by atoms with Gasteiger partial charge in [-0.3, -0.25) is 9.58 Å². The van der Waals surface area contributed by atoms with Gasteiger partial charge < -0.3 is 10.0 Å². The van der Waals surface area contributed by atoms with E-state index in [0.29, 0.717) is 19.1 Å². The van der Waals surface area contributed by atoms with Crippen molar-refractivity contribution in [2.75, 3.05) is 31.1 Å². The van der Waals surface area contributed by atoms with E-state index in [2.05, 4.69) is 37.1 Å². The summed E-state index contributed by atoms with van der Waals surface area (Å²) < 4.78 is 3.46. The minimum atomic E-state index is -0.426. The van der Waals surface area contributed by atoms with E-state index >= 15 is 0 Å². The average Bonchev–Trinajstić information content (AvgIpc) is 3.25. The van der Waals surface area contributed by atoms with Crippen LogP contribution >= 0.6 is 0 Å². The third-order valence-electron chi connectivity index (χ3n) is 4.58. The van der Waals surface area contributed by atoms with Crippen LogP contribution in [0.25, 0.3) is 5.65 Å². The highest BCUT2D eigenvalue weighted by atomic mass is 16.3. The van der Waals surface area contributed by atoms with Crippen LogP contribution in [0.15, 0.2) is 36.9 Å². The zero-order valence-electron chi connectivity index (χ0n) is 14.2. The highest BCUT2D eigenvalue weighted by molar-refractivity contribution is 5.46. The molecule has 0 aliphatic carbocycles. The van der Waals surface area contributed by atoms with Crippen molar-refractivity contribution in [1.29, 1.82) is 0 Å². The van der Waals surface area contributed by atoms with Gasteiger partial charge in [-0.15, -0.1) is 15.3 Å². The Hall–Kier alpha value is -2.52. The number of rotatable bonds is 5. The zero-order valence-corrected chi connectivity index (χ0v) is 14.2. The second-order valence-corrected chi connectivity index (χ2v) is 6.51. The summed E-state index contributed by atoms with van der Waals surface area (Å²) in [5, 5.41) is 26.9. The second kappa shape index (κ2) is 6.77. The highest BCUT2D eigenvalue weighted by Gasteiger charge is 2.26. The van der Waals surface area contributed by atoms with E-state index in [1.54, 1.807) is 21.7 Å². The summed E-state index contributed by atoms with van der Waals surface area (Å²) in [7, 11) is 0. The van der Waals surface area contributed by atoms with Gasteiger partial charge in [-0.1, -0.05) is 0 Å². The molecule has 0 radical (unpaired) electrons. The van der Waals surface area contributed by atoms with Crippen molar-refractivity contribution < 1.29 is 5.11 Å². The molecule has 3 aromatic heterocycles. The lowest BCUT2D eigenvalue weighted by molar-refractivity contribution is 0.0861. The first-order valence-corrected chi connectivity index (χ1v) is 8.50. The standard InChI is InChI=1S/C16H22N8O/c1-13-9-21(10-14(25)11-22-6-2-5-18-22)7-8-23(13)16-4-3-15-19-17-12-24(15)20-16/h2-6,12-14,25H,7-11H2,1H3/t13-,14-/m1/s1. The van der Waals surface area contributed by atoms with Crippen molar-refractivity contribution in [2.45, 2.75) is 25.6 Å². The predicted octanol–water partition coefficient (Wildman–Crippen LogP) is -0.108. The highest BCUT2D eigenvalue weighted by Crippen LogP contribution is 2.18. The van der Waals surface area contributed by atoms with Crippen molar-refractivity contribution in [3.63, 3.8) is 0 Å². The molecule has 1 aliphatic rings. The number of aliphatic hydroxyl groups excluding tert-OH is 1. The molecule has 1 N–H and O–H groups in total. The van der Waals surface area contributed by atoms with E-state index in [4.69, 9.17) is 0 Å². The normalized spacial score (nSPS) is 20.2. The molecule has 4 rings (SSSR count). The van der Waals surface area contributed by atoms with Gasteiger partial charge in [0.2, 0.25) is 0 Å². The van der Waals surface area contributed by atoms with Crippen molar-refractivity contribution in [2.24, 2.45) is 0 Å². The first kappa shape index (κ1) is 16.0. The average molecular weight is 342 g/mol. The van der Waals surface area contributed by atoms with Crippen LogP contribution in [0.1, 0.15) is 6.92 Å². The maximum atomic E-state index is 10.3. The third kappa shape index (κ3) is 3.47. The van der Waals surface area contributed by atoms with Gasteiger partial charge in [-0.05, 0) is 25.1 Å². The van der Waals surface area contributed by atoms with Gasteiger partial charge in [-0.25, -0.2) is 0 Å². The molecule has 0 aromatic carbocycles. The largest absolute Gasteiger partial charge is 0.390 e. The Balaban J connectivity index is 1.36. The number of anilines is 1. The number of aliphatic hydroxyl groups is 1. The van der Waals surface area contributed by atoms with Crippen molar-refractivity contribution in [3.05, 3.63) is 36.9 Å². The quantitative estimate of drug-likeness (QED) is 0.692. The molecule has 4 heterocycles. The molecule has 3 aromatic rings. The van der Waals surface area contributed by atoms with Gasteiger partial charge in [0.05, 0.1) is 12.6 Å². The lowest BCUT2D eigenvalue weighted by atomic mass is 10.1. The zero-order chi connectivity index (χ0) is 17.2. The fourth-order valence-electron chi connectivity index (χ4n) is 3.39. The van der Waals surface area contributed by atoms with Crippen molar-refractivity contribution in [1.82, 2.24) is 34.5 Å². The SMILES string of the molecule is C[C@@H]1CN(C[C@@H](O)Cn2cccn2)CCN1c1ccc2nncn2n1. The molecule has 0 spiro atoms. The fraction of sp³-hybridized carbons (Fsp3) is 0.500. The first-order chi connectivity index (χ1) is 12.2. The Bertz CT molecular complexity index is 817. The van der Waals surface area contributed by atoms with Gasteiger partial charge in [0, 0.05) is 44.6 Å². The molecular formula is C16H22N8O. The van der Waals surface area contributed by atoms with Gasteiger partial charge in [0.25, 0.3) is 0 Å². The maximum absolute atomic E-state index is 10.3. The number of nitrogens with zero attached hydrogens (tertiary/aromatic N) is 8. The minimum absolute atomic E-state index is 0.312. The lowest BCUT2D eigenvalue weighted by Crippen LogP contribution is -2.54. The number of fused-ring (bicyclic) bond motifs is 1. The summed E-state index contributed by atoms with van der Waals surface area (Å²) >= 11 is 0. The van der Waals surface area contributed by atoms with Gasteiger partial charge in [0.1, 0.15) is 12.1 Å². The molecule has 0 unspecified atom stereocenters. The summed E-state index contributed by atoms with van der Waals surface area (Å²) in [6, 6.07) is 6.10. The number of piperazine rings is 1. The number of β-amino-alcohol motifs (C(OH)–C–C–N with tert-alkyl or cyclic N) is 1. The fourth-order valence-corrected chi connectivity index (χ4v) is 3.39. The first-order valence-electron chi connectivity index (χ1n) is 8.50. The van der Waals surface area contributed by atoms with Crippen LogP contribution in [0.5, 0.6) is 0 Å². The van der Waals surface area contributed by atoms with E-state index < -0.39 is 6.10 Å². The van der Waals surface area contributed by atoms with Crippen LogP contribution < -0.4 is 4.90 Å². The van der Waals surface area contributed by atoms with Crippen LogP contribution in [-0.4, -0.2) is 77.9 Å². The van der Waals surface area contributed by atoms with E-state index in [0.717, 1.165) is 31.1 Å². The smallest absolute Gasteiger partial charge is 0.177 e. The summed E-state index contributed by atoms with van der Waals surface area (Å²) in [6.07, 6.45) is 4.79. The predicted molar refractivity (Wildman–Crippen MR) is 92.3 cm³/mol. The summed E-state index contributed by atoms with van der Waals surface area (Å²) in [6.45, 7) is 6.00. The Kier molecular flexibility index (Phi) is 4.33. The van der Waals surface area contributed by atoms with Gasteiger partial charge >= 0.3 is 0 Å². The van der Waals surface area contributed by atoms with Crippen LogP contribution in [0.3, 0.4) is 0 Å². The van der Waals surface area contributed by atoms with E-state index in [1.807, 2.05) is 24.4 Å². The summed E-state index contributed by atoms with van der Waals surface area (Å²) in [5.74, 6) is 0.927. The Labute approximate surface area is 145 Å². The second-order valence-electron chi connectivity index (χ2n) is 6.51. The van der Waals surface area contributed by atoms with Crippen molar-refractivity contribution in [3.8, 4) is 0 Å². The Morgan fingerprint density at radius 2 is 2.20 bits per heavy atom. The molecule has 9 heteroatoms. The molecule has 2 atom stereocenters. The molecule has 0 bridgehead atoms. The van der Waals surface area contributed by atoms with Crippen LogP contribution in [0.4, 0.5) is 5.82 Å². The number of aromatic nitrogens is 6. The minimum Gasteiger partial charge on any atom is -0.390 e. The van der Waals surface area contributed by atoms with Crippen LogP contribution in [0.2, 0.25) is 0 Å². The maximum Gasteiger partial charge on any atom is 0.177 e. The molecule has 132 valence electrons. The number of hydrogen-bond donors (Lipinski definition) is 1. The molecule has 0 saturated carbocycles. The molecular weight excluding hydrogens is 320 g/mol. The van der Waals surface area contributed by atoms with Crippen molar-refractivity contribution >= 4 is 11.5 Å². The Morgan fingerprint density at radius 1 is 1.28 bits per heavy atom. The molecule has 25 heavy (non-hydrogen) atoms. The molecule has 1 saturated heterocycles. The Morgan fingerprint density at radius 3 is 3.00 bits per heavy atom. The van der Waals surface area contributed by atoms with Gasteiger partial charge in [-0.2, -0.15) is 9.61 Å². The monoisotopic (exact) mass is 342 g/mol. The lowest BCUT2D eigenvalue weighted by Gasteiger charge is -2.41. The molecule has 0 amide bonds. The van der Waals surface area contributed by atoms with Gasteiger partial charge in [0.15, 0.2) is 5.65 Å². The topological polar surface area (TPSA) is 87.6 Å². The van der Waals surface area contributed by atoms with Crippen LogP contribution in [-0.2, 0) is 6.54 Å². The molecule has 1 aliphatic heterocycles. The van der Waals surface area contributed by atoms with E-state index in [9.17, 15) is 5.11 Å². The van der Waals surface area contributed by atoms with E-state index in [1.165, 1.54) is 0 Å². The summed E-state index contributed by atoms with van der Waals surface area (Å²) in [5.41, 5.74) is 0.747. The van der Waals surface area contributed by atoms with Crippen LogP contribution in [0, 0.1) is 0 Å². The summed E-state index contributed by atoms with van der Waals surface area (Å²) in [4.78, 5) is 4.59. The molecule has 9 nitrogen and oxygen atoms in total. The number of hydrogen-bond acceptors (Lipinski definition) is 7. The third-order valence-corrected chi connectivity index (χ3v) is 4.58.